The minimum absolute atomic E-state index is 0.237. The van der Waals surface area contributed by atoms with Crippen molar-refractivity contribution in [1.82, 2.24) is 9.78 Å². The lowest BCUT2D eigenvalue weighted by molar-refractivity contribution is 0.0418. The molecule has 1 heterocycles. The van der Waals surface area contributed by atoms with Gasteiger partial charge < -0.3 is 10.8 Å². The molecule has 0 aromatic carbocycles. The highest BCUT2D eigenvalue weighted by Crippen LogP contribution is 2.22. The van der Waals surface area contributed by atoms with Crippen LogP contribution in [0.15, 0.2) is 12.4 Å². The summed E-state index contributed by atoms with van der Waals surface area (Å²) in [5, 5.41) is 14.3. The first-order chi connectivity index (χ1) is 6.66. The molecule has 4 nitrogen and oxygen atoms in total. The van der Waals surface area contributed by atoms with Crippen LogP contribution < -0.4 is 5.73 Å². The number of hydrogen-bond acceptors (Lipinski definition) is 3. The van der Waals surface area contributed by atoms with Crippen LogP contribution in [0.25, 0.3) is 0 Å². The van der Waals surface area contributed by atoms with Gasteiger partial charge in [-0.05, 0) is 12.8 Å². The lowest BCUT2D eigenvalue weighted by Crippen LogP contribution is -2.33. The third kappa shape index (κ3) is 2.13. The van der Waals surface area contributed by atoms with Crippen molar-refractivity contribution in [3.05, 3.63) is 18.0 Å². The Labute approximate surface area is 84.7 Å². The van der Waals surface area contributed by atoms with Crippen molar-refractivity contribution in [3.63, 3.8) is 0 Å². The molecule has 4 heteroatoms. The smallest absolute Gasteiger partial charge is 0.105 e. The highest BCUT2D eigenvalue weighted by molar-refractivity contribution is 5.15. The standard InChI is InChI=1S/C10H19N3O/c1-3-5-13-7-9(6-12-13)10(14,4-2)8-11/h6-7,14H,3-5,8,11H2,1-2H3. The van der Waals surface area contributed by atoms with Gasteiger partial charge >= 0.3 is 0 Å². The van der Waals surface area contributed by atoms with Gasteiger partial charge in [0.25, 0.3) is 0 Å². The Morgan fingerprint density at radius 1 is 1.57 bits per heavy atom. The number of aromatic nitrogens is 2. The van der Waals surface area contributed by atoms with Crippen LogP contribution in [0, 0.1) is 0 Å². The predicted octanol–water partition coefficient (Wildman–Crippen LogP) is 0.849. The normalized spacial score (nSPS) is 15.4. The number of hydrogen-bond donors (Lipinski definition) is 2. The first-order valence-electron chi connectivity index (χ1n) is 5.11. The molecule has 0 saturated heterocycles. The zero-order valence-corrected chi connectivity index (χ0v) is 8.90. The van der Waals surface area contributed by atoms with Crippen molar-refractivity contribution in [2.45, 2.75) is 38.8 Å². The molecule has 14 heavy (non-hydrogen) atoms. The highest BCUT2D eigenvalue weighted by Gasteiger charge is 2.26. The molecule has 1 unspecified atom stereocenters. The van der Waals surface area contributed by atoms with Crippen LogP contribution in [0.5, 0.6) is 0 Å². The van der Waals surface area contributed by atoms with Gasteiger partial charge in [0.2, 0.25) is 0 Å². The van der Waals surface area contributed by atoms with E-state index in [2.05, 4.69) is 12.0 Å². The van der Waals surface area contributed by atoms with Gasteiger partial charge in [0.05, 0.1) is 6.20 Å². The molecule has 3 N–H and O–H groups in total. The monoisotopic (exact) mass is 197 g/mol. The van der Waals surface area contributed by atoms with Crippen molar-refractivity contribution >= 4 is 0 Å². The maximum absolute atomic E-state index is 10.1. The maximum atomic E-state index is 10.1. The lowest BCUT2D eigenvalue weighted by Gasteiger charge is -2.22. The van der Waals surface area contributed by atoms with Crippen LogP contribution in [-0.4, -0.2) is 21.4 Å². The Kier molecular flexibility index (Phi) is 3.66. The summed E-state index contributed by atoms with van der Waals surface area (Å²) in [4.78, 5) is 0. The first-order valence-corrected chi connectivity index (χ1v) is 5.11. The van der Waals surface area contributed by atoms with Crippen molar-refractivity contribution in [2.24, 2.45) is 5.73 Å². The van der Waals surface area contributed by atoms with E-state index in [9.17, 15) is 5.11 Å². The van der Waals surface area contributed by atoms with Crippen LogP contribution in [0.2, 0.25) is 0 Å². The topological polar surface area (TPSA) is 64.1 Å². The number of aryl methyl sites for hydroxylation is 1. The van der Waals surface area contributed by atoms with Crippen LogP contribution in [0.1, 0.15) is 32.3 Å². The quantitative estimate of drug-likeness (QED) is 0.735. The Morgan fingerprint density at radius 3 is 2.79 bits per heavy atom. The fourth-order valence-electron chi connectivity index (χ4n) is 1.42. The average molecular weight is 197 g/mol. The van der Waals surface area contributed by atoms with Gasteiger partial charge in [-0.3, -0.25) is 4.68 Å². The SMILES string of the molecule is CCCn1cc(C(O)(CC)CN)cn1. The van der Waals surface area contributed by atoms with Crippen molar-refractivity contribution in [3.8, 4) is 0 Å². The molecule has 0 aliphatic heterocycles. The summed E-state index contributed by atoms with van der Waals surface area (Å²) >= 11 is 0. The van der Waals surface area contributed by atoms with E-state index in [0.29, 0.717) is 6.42 Å². The summed E-state index contributed by atoms with van der Waals surface area (Å²) in [7, 11) is 0. The third-order valence-corrected chi connectivity index (χ3v) is 2.55. The van der Waals surface area contributed by atoms with Crippen LogP contribution in [-0.2, 0) is 12.1 Å². The van der Waals surface area contributed by atoms with E-state index in [1.54, 1.807) is 6.20 Å². The van der Waals surface area contributed by atoms with E-state index in [1.165, 1.54) is 0 Å². The number of aliphatic hydroxyl groups is 1. The van der Waals surface area contributed by atoms with E-state index < -0.39 is 5.60 Å². The van der Waals surface area contributed by atoms with E-state index in [0.717, 1.165) is 18.5 Å². The molecule has 1 aromatic heterocycles. The highest BCUT2D eigenvalue weighted by atomic mass is 16.3. The predicted molar refractivity (Wildman–Crippen MR) is 55.8 cm³/mol. The maximum Gasteiger partial charge on any atom is 0.105 e. The summed E-state index contributed by atoms with van der Waals surface area (Å²) in [5.41, 5.74) is 5.45. The van der Waals surface area contributed by atoms with Crippen LogP contribution in [0.4, 0.5) is 0 Å². The van der Waals surface area contributed by atoms with E-state index >= 15 is 0 Å². The molecule has 0 radical (unpaired) electrons. The van der Waals surface area contributed by atoms with E-state index in [4.69, 9.17) is 5.73 Å². The van der Waals surface area contributed by atoms with Gasteiger partial charge in [0.15, 0.2) is 0 Å². The zero-order valence-electron chi connectivity index (χ0n) is 8.90. The second-order valence-corrected chi connectivity index (χ2v) is 3.58. The summed E-state index contributed by atoms with van der Waals surface area (Å²) in [6, 6.07) is 0. The Morgan fingerprint density at radius 2 is 2.29 bits per heavy atom. The van der Waals surface area contributed by atoms with Crippen molar-refractivity contribution in [1.29, 1.82) is 0 Å². The molecule has 80 valence electrons. The minimum atomic E-state index is -0.911. The van der Waals surface area contributed by atoms with Gasteiger partial charge in [-0.15, -0.1) is 0 Å². The molecular formula is C10H19N3O. The second kappa shape index (κ2) is 4.57. The van der Waals surface area contributed by atoms with Crippen LogP contribution >= 0.6 is 0 Å². The molecule has 0 saturated carbocycles. The van der Waals surface area contributed by atoms with Crippen molar-refractivity contribution in [2.75, 3.05) is 6.54 Å². The van der Waals surface area contributed by atoms with Gasteiger partial charge in [0.1, 0.15) is 5.60 Å². The summed E-state index contributed by atoms with van der Waals surface area (Å²) in [6.07, 6.45) is 5.22. The number of nitrogens with zero attached hydrogens (tertiary/aromatic N) is 2. The fraction of sp³-hybridized carbons (Fsp3) is 0.700. The van der Waals surface area contributed by atoms with E-state index in [-0.39, 0.29) is 6.54 Å². The zero-order chi connectivity index (χ0) is 10.6. The largest absolute Gasteiger partial charge is 0.384 e. The number of nitrogens with two attached hydrogens (primary N) is 1. The molecule has 1 aromatic rings. The number of rotatable bonds is 5. The molecular weight excluding hydrogens is 178 g/mol. The molecule has 1 rings (SSSR count). The average Bonchev–Trinajstić information content (AvgIpc) is 2.66. The molecule has 1 atom stereocenters. The van der Waals surface area contributed by atoms with E-state index in [1.807, 2.05) is 17.8 Å². The molecule has 0 spiro atoms. The Bertz CT molecular complexity index is 279. The van der Waals surface area contributed by atoms with Gasteiger partial charge in [0, 0.05) is 24.8 Å². The molecule has 0 amide bonds. The summed E-state index contributed by atoms with van der Waals surface area (Å²) in [5.74, 6) is 0. The second-order valence-electron chi connectivity index (χ2n) is 3.58. The van der Waals surface area contributed by atoms with Gasteiger partial charge in [-0.1, -0.05) is 13.8 Å². The van der Waals surface area contributed by atoms with Crippen molar-refractivity contribution < 1.29 is 5.11 Å². The molecule has 0 aliphatic rings. The summed E-state index contributed by atoms with van der Waals surface area (Å²) < 4.78 is 1.84. The fourth-order valence-corrected chi connectivity index (χ4v) is 1.42. The Hall–Kier alpha value is -0.870. The molecule has 0 fully saturated rings. The van der Waals surface area contributed by atoms with Crippen LogP contribution in [0.3, 0.4) is 0 Å². The third-order valence-electron chi connectivity index (χ3n) is 2.55. The Balaban J connectivity index is 2.84. The minimum Gasteiger partial charge on any atom is -0.384 e. The summed E-state index contributed by atoms with van der Waals surface area (Å²) in [6.45, 7) is 5.13. The first kappa shape index (κ1) is 11.2. The van der Waals surface area contributed by atoms with Gasteiger partial charge in [-0.2, -0.15) is 5.10 Å². The lowest BCUT2D eigenvalue weighted by atomic mass is 9.94. The van der Waals surface area contributed by atoms with Gasteiger partial charge in [-0.25, -0.2) is 0 Å². The molecule has 0 aliphatic carbocycles. The molecule has 0 bridgehead atoms.